The van der Waals surface area contributed by atoms with Crippen molar-refractivity contribution in [2.75, 3.05) is 18.4 Å². The van der Waals surface area contributed by atoms with E-state index in [9.17, 15) is 19.5 Å². The molecule has 5 N–H and O–H groups in total. The monoisotopic (exact) mass is 513 g/mol. The number of carbonyl (C=O) groups is 3. The van der Waals surface area contributed by atoms with Crippen LogP contribution in [0, 0.1) is 5.92 Å². The molecule has 1 atom stereocenters. The van der Waals surface area contributed by atoms with E-state index in [0.717, 1.165) is 11.1 Å². The largest absolute Gasteiger partial charge is 0.481 e. The molecular weight excluding hydrogens is 478 g/mol. The summed E-state index contributed by atoms with van der Waals surface area (Å²) < 4.78 is 1.80. The van der Waals surface area contributed by atoms with Gasteiger partial charge < -0.3 is 21.1 Å². The second kappa shape index (κ2) is 11.2. The number of hydrogen-bond acceptors (Lipinski definition) is 8. The number of pyridine rings is 1. The first-order valence-corrected chi connectivity index (χ1v) is 12.9. The van der Waals surface area contributed by atoms with Crippen LogP contribution in [0.5, 0.6) is 0 Å². The van der Waals surface area contributed by atoms with Gasteiger partial charge in [-0.15, -0.1) is 0 Å². The Bertz CT molecular complexity index is 1200. The summed E-state index contributed by atoms with van der Waals surface area (Å²) in [5.41, 5.74) is 4.02. The molecule has 2 amide bonds. The maximum absolute atomic E-state index is 13.0. The Kier molecular flexibility index (Phi) is 7.96. The summed E-state index contributed by atoms with van der Waals surface area (Å²) in [4.78, 5) is 47.3. The lowest BCUT2D eigenvalue weighted by atomic mass is 9.86. The Morgan fingerprint density at radius 3 is 2.51 bits per heavy atom. The van der Waals surface area contributed by atoms with Gasteiger partial charge in [0.1, 0.15) is 0 Å². The number of rotatable bonds is 10. The van der Waals surface area contributed by atoms with Crippen LogP contribution in [0.15, 0.2) is 18.5 Å². The highest BCUT2D eigenvalue weighted by Gasteiger charge is 2.45. The molecular formula is C25H35N7O5. The van der Waals surface area contributed by atoms with Gasteiger partial charge >= 0.3 is 5.97 Å². The van der Waals surface area contributed by atoms with Crippen molar-refractivity contribution in [1.82, 2.24) is 30.9 Å². The first-order valence-electron chi connectivity index (χ1n) is 12.9. The van der Waals surface area contributed by atoms with Gasteiger partial charge in [0, 0.05) is 37.4 Å². The van der Waals surface area contributed by atoms with Crippen LogP contribution in [0.4, 0.5) is 5.69 Å². The fourth-order valence-electron chi connectivity index (χ4n) is 4.97. The zero-order valence-electron chi connectivity index (χ0n) is 21.5. The SMILES string of the molecule is CCNC(=O)CC1(C(=O)NCC)C=C(c2cnc3c(cnn3CC)c2NC2CCC(C(=O)O)CC2)NO1. The molecule has 4 rings (SSSR count). The highest BCUT2D eigenvalue weighted by molar-refractivity contribution is 5.99. The summed E-state index contributed by atoms with van der Waals surface area (Å²) in [6, 6.07) is 0.0660. The topological polar surface area (TPSA) is 159 Å². The Morgan fingerprint density at radius 1 is 1.14 bits per heavy atom. The van der Waals surface area contributed by atoms with Crippen LogP contribution in [0.3, 0.4) is 0 Å². The van der Waals surface area contributed by atoms with Gasteiger partial charge in [-0.2, -0.15) is 5.10 Å². The van der Waals surface area contributed by atoms with Gasteiger partial charge in [0.2, 0.25) is 11.5 Å². The molecule has 1 saturated carbocycles. The summed E-state index contributed by atoms with van der Waals surface area (Å²) in [6.45, 7) is 7.07. The number of carboxylic acid groups (broad SMARTS) is 1. The van der Waals surface area contributed by atoms with E-state index in [1.807, 2.05) is 13.8 Å². The number of aromatic nitrogens is 3. The number of hydrogen-bond donors (Lipinski definition) is 5. The van der Waals surface area contributed by atoms with Crippen LogP contribution in [-0.2, 0) is 25.8 Å². The lowest BCUT2D eigenvalue weighted by Gasteiger charge is -2.28. The van der Waals surface area contributed by atoms with E-state index in [-0.39, 0.29) is 24.3 Å². The number of nitrogens with one attached hydrogen (secondary N) is 4. The van der Waals surface area contributed by atoms with Crippen molar-refractivity contribution in [1.29, 1.82) is 0 Å². The van der Waals surface area contributed by atoms with Crippen molar-refractivity contribution in [3.05, 3.63) is 24.0 Å². The average Bonchev–Trinajstić information content (AvgIpc) is 3.50. The van der Waals surface area contributed by atoms with Crippen LogP contribution in [0.25, 0.3) is 16.7 Å². The summed E-state index contributed by atoms with van der Waals surface area (Å²) in [5, 5.41) is 23.7. The molecule has 1 aliphatic heterocycles. The molecule has 1 unspecified atom stereocenters. The molecule has 0 saturated heterocycles. The quantitative estimate of drug-likeness (QED) is 0.319. The molecule has 37 heavy (non-hydrogen) atoms. The fraction of sp³-hybridized carbons (Fsp3) is 0.560. The second-order valence-electron chi connectivity index (χ2n) is 9.42. The second-order valence-corrected chi connectivity index (χ2v) is 9.42. The number of nitrogens with zero attached hydrogens (tertiary/aromatic N) is 3. The zero-order valence-corrected chi connectivity index (χ0v) is 21.5. The third-order valence-electron chi connectivity index (χ3n) is 6.92. The van der Waals surface area contributed by atoms with Gasteiger partial charge in [-0.1, -0.05) is 0 Å². The molecule has 0 spiro atoms. The lowest BCUT2D eigenvalue weighted by molar-refractivity contribution is -0.149. The molecule has 0 bridgehead atoms. The van der Waals surface area contributed by atoms with E-state index >= 15 is 0 Å². The Labute approximate surface area is 215 Å². The highest BCUT2D eigenvalue weighted by Crippen LogP contribution is 2.37. The average molecular weight is 514 g/mol. The Balaban J connectivity index is 1.72. The number of likely N-dealkylation sites (N-methyl/N-ethyl adjacent to an activating group) is 1. The molecule has 1 aliphatic carbocycles. The van der Waals surface area contributed by atoms with Crippen molar-refractivity contribution in [2.24, 2.45) is 5.92 Å². The number of carboxylic acids is 1. The summed E-state index contributed by atoms with van der Waals surface area (Å²) in [5.74, 6) is -1.80. The van der Waals surface area contributed by atoms with E-state index in [0.29, 0.717) is 62.2 Å². The van der Waals surface area contributed by atoms with E-state index in [1.165, 1.54) is 0 Å². The van der Waals surface area contributed by atoms with Crippen molar-refractivity contribution in [3.63, 3.8) is 0 Å². The van der Waals surface area contributed by atoms with E-state index in [1.54, 1.807) is 30.1 Å². The minimum atomic E-state index is -1.52. The first kappa shape index (κ1) is 26.4. The molecule has 2 aliphatic rings. The smallest absolute Gasteiger partial charge is 0.306 e. The van der Waals surface area contributed by atoms with Crippen LogP contribution in [-0.4, -0.2) is 62.4 Å². The molecule has 3 heterocycles. The summed E-state index contributed by atoms with van der Waals surface area (Å²) >= 11 is 0. The Morgan fingerprint density at radius 2 is 1.86 bits per heavy atom. The lowest BCUT2D eigenvalue weighted by Crippen LogP contribution is -2.49. The third kappa shape index (κ3) is 5.38. The number of anilines is 1. The van der Waals surface area contributed by atoms with E-state index < -0.39 is 17.5 Å². The predicted octanol–water partition coefficient (Wildman–Crippen LogP) is 1.78. The van der Waals surface area contributed by atoms with Crippen LogP contribution >= 0.6 is 0 Å². The van der Waals surface area contributed by atoms with Gasteiger partial charge in [-0.3, -0.25) is 24.7 Å². The Hall–Kier alpha value is -3.67. The van der Waals surface area contributed by atoms with Crippen molar-refractivity contribution in [2.45, 2.75) is 71.1 Å². The van der Waals surface area contributed by atoms with Gasteiger partial charge in [-0.05, 0) is 52.5 Å². The predicted molar refractivity (Wildman–Crippen MR) is 137 cm³/mol. The van der Waals surface area contributed by atoms with Crippen LogP contribution < -0.4 is 21.4 Å². The molecule has 12 heteroatoms. The van der Waals surface area contributed by atoms with Crippen LogP contribution in [0.1, 0.15) is 58.4 Å². The van der Waals surface area contributed by atoms with Crippen molar-refractivity contribution < 1.29 is 24.3 Å². The number of aliphatic carboxylic acids is 1. The minimum absolute atomic E-state index is 0.0660. The van der Waals surface area contributed by atoms with Crippen molar-refractivity contribution in [3.8, 4) is 0 Å². The normalized spacial score (nSPS) is 23.3. The van der Waals surface area contributed by atoms with Gasteiger partial charge in [0.05, 0.1) is 35.3 Å². The fourth-order valence-corrected chi connectivity index (χ4v) is 4.97. The van der Waals surface area contributed by atoms with Crippen molar-refractivity contribution >= 4 is 40.2 Å². The molecule has 0 aromatic carbocycles. The number of aryl methyl sites for hydroxylation is 1. The highest BCUT2D eigenvalue weighted by atomic mass is 16.7. The maximum Gasteiger partial charge on any atom is 0.306 e. The number of carbonyl (C=O) groups excluding carboxylic acids is 2. The van der Waals surface area contributed by atoms with Crippen LogP contribution in [0.2, 0.25) is 0 Å². The number of fused-ring (bicyclic) bond motifs is 1. The third-order valence-corrected chi connectivity index (χ3v) is 6.92. The molecule has 2 aromatic rings. The first-order chi connectivity index (χ1) is 17.8. The minimum Gasteiger partial charge on any atom is -0.481 e. The molecule has 0 radical (unpaired) electrons. The molecule has 12 nitrogen and oxygen atoms in total. The van der Waals surface area contributed by atoms with Gasteiger partial charge in [0.25, 0.3) is 5.91 Å². The standard InChI is InChI=1S/C25H35N7O5/c1-4-26-20(33)12-25(24(36)27-5-2)11-19(31-37-25)17-13-28-22-18(14-29-32(22)6-3)21(17)30-16-9-7-15(8-10-16)23(34)35/h11,13-16,31H,4-10,12H2,1-3H3,(H,26,33)(H,27,36)(H,28,30)(H,34,35). The molecule has 2 aromatic heterocycles. The van der Waals surface area contributed by atoms with E-state index in [4.69, 9.17) is 4.84 Å². The zero-order chi connectivity index (χ0) is 26.6. The summed E-state index contributed by atoms with van der Waals surface area (Å²) in [6.07, 6.45) is 7.52. The number of hydroxylamine groups is 1. The van der Waals surface area contributed by atoms with Gasteiger partial charge in [-0.25, -0.2) is 9.67 Å². The summed E-state index contributed by atoms with van der Waals surface area (Å²) in [7, 11) is 0. The molecule has 200 valence electrons. The van der Waals surface area contributed by atoms with Gasteiger partial charge in [0.15, 0.2) is 5.65 Å². The number of amides is 2. The maximum atomic E-state index is 13.0. The van der Waals surface area contributed by atoms with E-state index in [2.05, 4.69) is 31.5 Å². The molecule has 1 fully saturated rings.